The van der Waals surface area contributed by atoms with Gasteiger partial charge in [0.05, 0.1) is 12.0 Å². The summed E-state index contributed by atoms with van der Waals surface area (Å²) in [6, 6.07) is 9.70. The van der Waals surface area contributed by atoms with Crippen molar-refractivity contribution in [2.24, 2.45) is 11.8 Å². The number of esters is 1. The summed E-state index contributed by atoms with van der Waals surface area (Å²) in [5.41, 5.74) is 1.01. The zero-order valence-corrected chi connectivity index (χ0v) is 10.7. The number of benzene rings is 1. The second kappa shape index (κ2) is 6.01. The number of aliphatic hydroxyl groups is 1. The molecule has 0 bridgehead atoms. The lowest BCUT2D eigenvalue weighted by Crippen LogP contribution is -2.31. The summed E-state index contributed by atoms with van der Waals surface area (Å²) in [7, 11) is 0. The Bertz CT molecular complexity index is 388. The first-order chi connectivity index (χ1) is 8.66. The van der Waals surface area contributed by atoms with Crippen LogP contribution in [0.2, 0.25) is 0 Å². The molecular weight excluding hydrogens is 228 g/mol. The predicted molar refractivity (Wildman–Crippen MR) is 68.7 cm³/mol. The van der Waals surface area contributed by atoms with Crippen LogP contribution in [0.4, 0.5) is 0 Å². The minimum atomic E-state index is -0.261. The van der Waals surface area contributed by atoms with Crippen molar-refractivity contribution in [3.63, 3.8) is 0 Å². The summed E-state index contributed by atoms with van der Waals surface area (Å²) in [5.74, 6) is 0.0118. The van der Waals surface area contributed by atoms with E-state index < -0.39 is 0 Å². The van der Waals surface area contributed by atoms with Crippen molar-refractivity contribution in [1.82, 2.24) is 0 Å². The lowest BCUT2D eigenvalue weighted by Gasteiger charge is -2.29. The molecule has 1 saturated carbocycles. The zero-order valence-electron chi connectivity index (χ0n) is 10.7. The molecule has 0 spiro atoms. The molecule has 1 aliphatic carbocycles. The number of aliphatic hydroxyl groups excluding tert-OH is 1. The molecular formula is C15H20O3. The van der Waals surface area contributed by atoms with Gasteiger partial charge in [-0.1, -0.05) is 37.3 Å². The van der Waals surface area contributed by atoms with E-state index in [-0.39, 0.29) is 23.9 Å². The lowest BCUT2D eigenvalue weighted by atomic mass is 9.80. The topological polar surface area (TPSA) is 46.5 Å². The molecule has 0 aromatic heterocycles. The van der Waals surface area contributed by atoms with E-state index in [1.807, 2.05) is 37.3 Å². The Kier molecular flexibility index (Phi) is 4.37. The van der Waals surface area contributed by atoms with Crippen LogP contribution in [0, 0.1) is 11.8 Å². The summed E-state index contributed by atoms with van der Waals surface area (Å²) in [6.07, 6.45) is 1.91. The highest BCUT2D eigenvalue weighted by Gasteiger charge is 2.31. The Labute approximate surface area is 108 Å². The maximum atomic E-state index is 11.9. The lowest BCUT2D eigenvalue weighted by molar-refractivity contribution is -0.152. The maximum Gasteiger partial charge on any atom is 0.309 e. The third kappa shape index (κ3) is 3.33. The van der Waals surface area contributed by atoms with Crippen molar-refractivity contribution in [3.05, 3.63) is 35.9 Å². The van der Waals surface area contributed by atoms with Crippen LogP contribution in [0.3, 0.4) is 0 Å². The minimum Gasteiger partial charge on any atom is -0.461 e. The van der Waals surface area contributed by atoms with Crippen molar-refractivity contribution in [2.45, 2.75) is 38.9 Å². The van der Waals surface area contributed by atoms with Gasteiger partial charge in [-0.15, -0.1) is 0 Å². The molecule has 98 valence electrons. The molecule has 3 nitrogen and oxygen atoms in total. The van der Waals surface area contributed by atoms with Crippen LogP contribution >= 0.6 is 0 Å². The number of rotatable bonds is 3. The molecule has 1 fully saturated rings. The van der Waals surface area contributed by atoms with Gasteiger partial charge in [-0.2, -0.15) is 0 Å². The molecule has 0 heterocycles. The molecule has 0 saturated heterocycles. The summed E-state index contributed by atoms with van der Waals surface area (Å²) in [6.45, 7) is 2.33. The summed E-state index contributed by atoms with van der Waals surface area (Å²) in [5, 5.41) is 9.63. The smallest absolute Gasteiger partial charge is 0.309 e. The van der Waals surface area contributed by atoms with Gasteiger partial charge in [0.15, 0.2) is 0 Å². The third-order valence-corrected chi connectivity index (χ3v) is 3.68. The Balaban J connectivity index is 1.82. The maximum absolute atomic E-state index is 11.9. The van der Waals surface area contributed by atoms with E-state index in [0.717, 1.165) is 18.4 Å². The zero-order chi connectivity index (χ0) is 13.0. The van der Waals surface area contributed by atoms with Gasteiger partial charge in [-0.05, 0) is 30.7 Å². The number of ether oxygens (including phenoxy) is 1. The Morgan fingerprint density at radius 2 is 2.06 bits per heavy atom. The standard InChI is InChI=1S/C15H20O3/c1-11-9-13(7-8-14(11)16)15(17)18-10-12-5-3-2-4-6-12/h2-6,11,13-14,16H,7-10H2,1H3. The fourth-order valence-electron chi connectivity index (χ4n) is 2.44. The molecule has 1 aromatic rings. The van der Waals surface area contributed by atoms with Crippen molar-refractivity contribution >= 4 is 5.97 Å². The van der Waals surface area contributed by atoms with Gasteiger partial charge in [0.25, 0.3) is 0 Å². The first-order valence-corrected chi connectivity index (χ1v) is 6.55. The number of hydrogen-bond acceptors (Lipinski definition) is 3. The highest BCUT2D eigenvalue weighted by atomic mass is 16.5. The van der Waals surface area contributed by atoms with Crippen molar-refractivity contribution in [2.75, 3.05) is 0 Å². The average Bonchev–Trinajstić information content (AvgIpc) is 2.40. The van der Waals surface area contributed by atoms with Crippen LogP contribution < -0.4 is 0 Å². The van der Waals surface area contributed by atoms with Gasteiger partial charge in [0.1, 0.15) is 6.61 Å². The second-order valence-corrected chi connectivity index (χ2v) is 5.15. The van der Waals surface area contributed by atoms with Crippen LogP contribution in [0.25, 0.3) is 0 Å². The summed E-state index contributed by atoms with van der Waals surface area (Å²) in [4.78, 5) is 11.9. The molecule has 1 N–H and O–H groups in total. The normalized spacial score (nSPS) is 27.8. The average molecular weight is 248 g/mol. The second-order valence-electron chi connectivity index (χ2n) is 5.15. The number of hydrogen-bond donors (Lipinski definition) is 1. The number of carbonyl (C=O) groups is 1. The third-order valence-electron chi connectivity index (χ3n) is 3.68. The summed E-state index contributed by atoms with van der Waals surface area (Å²) < 4.78 is 5.33. The largest absolute Gasteiger partial charge is 0.461 e. The first kappa shape index (κ1) is 13.1. The highest BCUT2D eigenvalue weighted by Crippen LogP contribution is 2.30. The van der Waals surface area contributed by atoms with E-state index in [1.54, 1.807) is 0 Å². The van der Waals surface area contributed by atoms with Crippen LogP contribution in [0.5, 0.6) is 0 Å². The van der Waals surface area contributed by atoms with Crippen molar-refractivity contribution in [1.29, 1.82) is 0 Å². The van der Waals surface area contributed by atoms with Crippen molar-refractivity contribution in [3.8, 4) is 0 Å². The van der Waals surface area contributed by atoms with Gasteiger partial charge >= 0.3 is 5.97 Å². The fraction of sp³-hybridized carbons (Fsp3) is 0.533. The quantitative estimate of drug-likeness (QED) is 0.836. The van der Waals surface area contributed by atoms with Crippen LogP contribution in [-0.2, 0) is 16.1 Å². The van der Waals surface area contributed by atoms with Gasteiger partial charge in [-0.25, -0.2) is 0 Å². The SMILES string of the molecule is CC1CC(C(=O)OCc2ccccc2)CCC1O. The Morgan fingerprint density at radius 1 is 1.33 bits per heavy atom. The molecule has 0 amide bonds. The van der Waals surface area contributed by atoms with Gasteiger partial charge in [-0.3, -0.25) is 4.79 Å². The minimum absolute atomic E-state index is 0.0490. The Morgan fingerprint density at radius 3 is 2.72 bits per heavy atom. The molecule has 2 rings (SSSR count). The monoisotopic (exact) mass is 248 g/mol. The first-order valence-electron chi connectivity index (χ1n) is 6.55. The molecule has 0 radical (unpaired) electrons. The predicted octanol–water partition coefficient (Wildman–Crippen LogP) is 2.53. The molecule has 1 aromatic carbocycles. The molecule has 3 atom stereocenters. The van der Waals surface area contributed by atoms with Crippen LogP contribution in [0.1, 0.15) is 31.7 Å². The summed E-state index contributed by atoms with van der Waals surface area (Å²) >= 11 is 0. The molecule has 1 aliphatic rings. The number of carbonyl (C=O) groups excluding carboxylic acids is 1. The molecule has 3 heteroatoms. The van der Waals surface area contributed by atoms with Gasteiger partial charge in [0.2, 0.25) is 0 Å². The molecule has 18 heavy (non-hydrogen) atoms. The van der Waals surface area contributed by atoms with E-state index in [0.29, 0.717) is 13.0 Å². The highest BCUT2D eigenvalue weighted by molar-refractivity contribution is 5.72. The molecule has 0 aliphatic heterocycles. The van der Waals surface area contributed by atoms with Crippen LogP contribution in [0.15, 0.2) is 30.3 Å². The van der Waals surface area contributed by atoms with E-state index in [9.17, 15) is 9.90 Å². The van der Waals surface area contributed by atoms with E-state index in [4.69, 9.17) is 4.74 Å². The Hall–Kier alpha value is -1.35. The van der Waals surface area contributed by atoms with Gasteiger partial charge < -0.3 is 9.84 Å². The van der Waals surface area contributed by atoms with Gasteiger partial charge in [0, 0.05) is 0 Å². The van der Waals surface area contributed by atoms with E-state index >= 15 is 0 Å². The van der Waals surface area contributed by atoms with Crippen LogP contribution in [-0.4, -0.2) is 17.2 Å². The van der Waals surface area contributed by atoms with E-state index in [2.05, 4.69) is 0 Å². The van der Waals surface area contributed by atoms with E-state index in [1.165, 1.54) is 0 Å². The molecule has 3 unspecified atom stereocenters. The van der Waals surface area contributed by atoms with Crippen molar-refractivity contribution < 1.29 is 14.6 Å². The fourth-order valence-corrected chi connectivity index (χ4v) is 2.44.